The van der Waals surface area contributed by atoms with E-state index in [1.807, 2.05) is 47.9 Å². The fourth-order valence-electron chi connectivity index (χ4n) is 11.5. The average Bonchev–Trinajstić information content (AvgIpc) is 3.80. The summed E-state index contributed by atoms with van der Waals surface area (Å²) in [5.74, 6) is -2.16. The molecule has 2 atom stereocenters. The molecule has 0 aromatic heterocycles. The van der Waals surface area contributed by atoms with Crippen molar-refractivity contribution in [3.8, 4) is 0 Å². The first-order valence-corrected chi connectivity index (χ1v) is 28.1. The van der Waals surface area contributed by atoms with Gasteiger partial charge in [0.05, 0.1) is 18.5 Å². The first-order chi connectivity index (χ1) is 36.6. The number of benzene rings is 4. The van der Waals surface area contributed by atoms with Crippen LogP contribution in [0.2, 0.25) is 20.1 Å². The van der Waals surface area contributed by atoms with Crippen LogP contribution in [-0.2, 0) is 19.2 Å². The fourth-order valence-corrected chi connectivity index (χ4v) is 12.6. The molecule has 2 aliphatic heterocycles. The van der Waals surface area contributed by atoms with Gasteiger partial charge in [-0.2, -0.15) is 0 Å². The Morgan fingerprint density at radius 3 is 1.19 bits per heavy atom. The molecule has 0 bridgehead atoms. The molecule has 81 heavy (non-hydrogen) atoms. The maximum absolute atomic E-state index is 14.0. The van der Waals surface area contributed by atoms with Gasteiger partial charge in [-0.1, -0.05) is 112 Å². The van der Waals surface area contributed by atoms with Gasteiger partial charge >= 0.3 is 65.1 Å². The summed E-state index contributed by atoms with van der Waals surface area (Å²) in [5, 5.41) is 26.4. The van der Waals surface area contributed by atoms with E-state index < -0.39 is 23.3 Å². The van der Waals surface area contributed by atoms with Crippen molar-refractivity contribution >= 4 is 93.4 Å². The summed E-state index contributed by atoms with van der Waals surface area (Å²) in [7, 11) is 0. The van der Waals surface area contributed by atoms with Gasteiger partial charge in [-0.15, -0.1) is 0 Å². The standard InChI is InChI=1S/2C30H35Cl2N3O4.2Na.H2O/c2*1-18(19-5-7-20(8-6-19)27(38)33-14-11-25(36)37)35-28(39)26(21-15-23(31)17-24(32)16-21)34-30(35)12-9-22(10-13-30)29(2,3)4;;;/h2*5-8,15-18,22H,9-14H2,1-4H3,(H,33,38)(H,36,37);;;1H2/q;;2*+1;/p-2/t2*18-,22?,30?;;;/m11.../s1. The van der Waals surface area contributed by atoms with Crippen molar-refractivity contribution in [1.82, 2.24) is 20.4 Å². The largest absolute Gasteiger partial charge is 1.00 e. The molecule has 2 fully saturated rings. The van der Waals surface area contributed by atoms with Crippen LogP contribution in [0.1, 0.15) is 175 Å². The molecule has 2 aliphatic carbocycles. The van der Waals surface area contributed by atoms with Gasteiger partial charge in [0.1, 0.15) is 22.7 Å². The smallest absolute Gasteiger partial charge is 0.870 e. The quantitative estimate of drug-likeness (QED) is 0.134. The van der Waals surface area contributed by atoms with Crippen molar-refractivity contribution in [1.29, 1.82) is 0 Å². The number of carboxylic acid groups (broad SMARTS) is 2. The van der Waals surface area contributed by atoms with Crippen molar-refractivity contribution in [2.45, 2.75) is 143 Å². The number of carbonyl (C=O) groups excluding carboxylic acids is 5. The van der Waals surface area contributed by atoms with Crippen LogP contribution in [0.5, 0.6) is 0 Å². The van der Waals surface area contributed by atoms with Crippen LogP contribution in [0, 0.1) is 22.7 Å². The molecule has 0 unspecified atom stereocenters. The SMILES string of the molecule is C[C@H](c1ccc(C(=O)NCCC(=O)O)cc1)N1C(=O)C(c2cc(Cl)cc(Cl)c2)=NC12CCC(C(C)(C)C)CC2.C[C@H](c1ccc(C(=O)NCCC(=O)[O-])cc1)N1C(=O)C(c2cc(Cl)cc(Cl)c2)=NC12CCC(C(C)(C)C)CC2.[Na+].[Na+].[OH-]. The number of rotatable bonds is 14. The molecule has 4 aromatic carbocycles. The Morgan fingerprint density at radius 2 is 0.901 bits per heavy atom. The van der Waals surface area contributed by atoms with Crippen LogP contribution in [0.3, 0.4) is 0 Å². The minimum atomic E-state index is -1.22. The molecular weight excluding hydrogens is 1140 g/mol. The predicted octanol–water partition coefficient (Wildman–Crippen LogP) is 5.54. The Bertz CT molecular complexity index is 2760. The van der Waals surface area contributed by atoms with E-state index in [9.17, 15) is 33.9 Å². The molecule has 4 N–H and O–H groups in total. The molecule has 15 nitrogen and oxygen atoms in total. The monoisotopic (exact) mass is 1200 g/mol. The minimum Gasteiger partial charge on any atom is -0.870 e. The number of nitrogens with one attached hydrogen (secondary N) is 2. The van der Waals surface area contributed by atoms with Gasteiger partial charge in [-0.05, 0) is 160 Å². The van der Waals surface area contributed by atoms with Crippen LogP contribution in [0.15, 0.2) is 94.9 Å². The molecule has 0 radical (unpaired) electrons. The summed E-state index contributed by atoms with van der Waals surface area (Å²) in [6.07, 6.45) is 6.46. The topological polar surface area (TPSA) is 231 Å². The van der Waals surface area contributed by atoms with Gasteiger partial charge < -0.3 is 40.9 Å². The zero-order chi connectivity index (χ0) is 57.1. The van der Waals surface area contributed by atoms with E-state index in [1.165, 1.54) is 0 Å². The van der Waals surface area contributed by atoms with Gasteiger partial charge in [-0.3, -0.25) is 34.0 Å². The number of aliphatic carboxylic acids is 2. The molecule has 2 saturated carbocycles. The fraction of sp³-hybridized carbons (Fsp3) is 0.467. The molecule has 4 aromatic rings. The molecular formula is C60H70Cl4N6Na2O9. The number of halogens is 4. The Morgan fingerprint density at radius 1 is 0.593 bits per heavy atom. The molecule has 2 heterocycles. The zero-order valence-electron chi connectivity index (χ0n) is 47.9. The molecule has 8 rings (SSSR count). The third-order valence-corrected chi connectivity index (χ3v) is 16.9. The number of nitrogens with zero attached hydrogens (tertiary/aromatic N) is 4. The second kappa shape index (κ2) is 28.8. The summed E-state index contributed by atoms with van der Waals surface area (Å²) in [6.45, 7) is 17.6. The van der Waals surface area contributed by atoms with Gasteiger partial charge in [-0.25, -0.2) is 0 Å². The van der Waals surface area contributed by atoms with Crippen molar-refractivity contribution < 1.29 is 104 Å². The van der Waals surface area contributed by atoms with Crippen molar-refractivity contribution in [3.05, 3.63) is 138 Å². The number of hydrogen-bond acceptors (Lipinski definition) is 10. The van der Waals surface area contributed by atoms with E-state index >= 15 is 0 Å². The van der Waals surface area contributed by atoms with Crippen LogP contribution in [0.25, 0.3) is 0 Å². The van der Waals surface area contributed by atoms with Crippen molar-refractivity contribution in [3.63, 3.8) is 0 Å². The van der Waals surface area contributed by atoms with Gasteiger partial charge in [0.15, 0.2) is 0 Å². The minimum absolute atomic E-state index is 0. The number of aliphatic imine (C=N–C) groups is 2. The first-order valence-electron chi connectivity index (χ1n) is 26.6. The Labute approximate surface area is 539 Å². The molecule has 4 aliphatic rings. The first kappa shape index (κ1) is 69.7. The summed E-state index contributed by atoms with van der Waals surface area (Å²) in [4.78, 5) is 88.2. The van der Waals surface area contributed by atoms with Gasteiger partial charge in [0.25, 0.3) is 23.6 Å². The summed E-state index contributed by atoms with van der Waals surface area (Å²) in [5.41, 5.74) is 3.53. The van der Waals surface area contributed by atoms with E-state index in [0.717, 1.165) is 62.5 Å². The Hall–Kier alpha value is -3.84. The molecule has 2 spiro atoms. The number of hydrogen-bond donors (Lipinski definition) is 3. The molecule has 0 saturated heterocycles. The van der Waals surface area contributed by atoms with Gasteiger partial charge in [0.2, 0.25) is 0 Å². The Kier molecular flexibility index (Phi) is 24.8. The summed E-state index contributed by atoms with van der Waals surface area (Å²) < 4.78 is 0. The number of carbonyl (C=O) groups is 6. The van der Waals surface area contributed by atoms with E-state index in [-0.39, 0.29) is 137 Å². The summed E-state index contributed by atoms with van der Waals surface area (Å²) in [6, 6.07) is 23.7. The van der Waals surface area contributed by atoms with Crippen LogP contribution >= 0.6 is 46.4 Å². The second-order valence-corrected chi connectivity index (χ2v) is 25.0. The molecule has 424 valence electrons. The van der Waals surface area contributed by atoms with Crippen molar-refractivity contribution in [2.24, 2.45) is 32.7 Å². The Balaban J connectivity index is 0.000000336. The number of amides is 4. The molecule has 4 amide bonds. The molecule has 21 heteroatoms. The van der Waals surface area contributed by atoms with Crippen LogP contribution < -0.4 is 74.9 Å². The third-order valence-electron chi connectivity index (χ3n) is 16.0. The van der Waals surface area contributed by atoms with Crippen LogP contribution in [-0.4, -0.2) is 91.8 Å². The van der Waals surface area contributed by atoms with Crippen molar-refractivity contribution in [2.75, 3.05) is 13.1 Å². The average molecular weight is 1210 g/mol. The zero-order valence-corrected chi connectivity index (χ0v) is 55.0. The summed E-state index contributed by atoms with van der Waals surface area (Å²) >= 11 is 25.1. The van der Waals surface area contributed by atoms with Crippen LogP contribution in [0.4, 0.5) is 0 Å². The normalized spacial score (nSPS) is 21.3. The van der Waals surface area contributed by atoms with E-state index in [4.69, 9.17) is 61.5 Å². The van der Waals surface area contributed by atoms with E-state index in [1.54, 1.807) is 60.7 Å². The van der Waals surface area contributed by atoms with E-state index in [2.05, 4.69) is 52.2 Å². The van der Waals surface area contributed by atoms with Gasteiger partial charge in [0, 0.05) is 67.8 Å². The second-order valence-electron chi connectivity index (χ2n) is 23.2. The predicted molar refractivity (Wildman–Crippen MR) is 306 cm³/mol. The maximum Gasteiger partial charge on any atom is 1.00 e. The maximum atomic E-state index is 14.0. The number of carboxylic acids is 2. The third kappa shape index (κ3) is 16.7. The van der Waals surface area contributed by atoms with E-state index in [0.29, 0.717) is 65.6 Å².